The van der Waals surface area contributed by atoms with Crippen LogP contribution in [0.15, 0.2) is 12.4 Å². The number of fused-ring (bicyclic) bond motifs is 1. The molecule has 2 aromatic heterocycles. The van der Waals surface area contributed by atoms with E-state index in [0.29, 0.717) is 33.4 Å². The first-order valence-corrected chi connectivity index (χ1v) is 6.92. The third-order valence-corrected chi connectivity index (χ3v) is 4.43. The van der Waals surface area contributed by atoms with E-state index in [0.717, 1.165) is 12.8 Å². The van der Waals surface area contributed by atoms with Gasteiger partial charge in [-0.05, 0) is 18.8 Å². The van der Waals surface area contributed by atoms with Crippen molar-refractivity contribution < 1.29 is 9.90 Å². The van der Waals surface area contributed by atoms with E-state index in [2.05, 4.69) is 15.3 Å². The molecule has 0 aliphatic heterocycles. The summed E-state index contributed by atoms with van der Waals surface area (Å²) in [5.74, 6) is 0.175. The van der Waals surface area contributed by atoms with Gasteiger partial charge in [0.05, 0.1) is 11.8 Å². The number of hydrogen-bond donors (Lipinski definition) is 3. The molecule has 0 unspecified atom stereocenters. The van der Waals surface area contributed by atoms with Crippen molar-refractivity contribution in [2.45, 2.75) is 18.9 Å². The lowest BCUT2D eigenvalue weighted by Crippen LogP contribution is -2.38. The number of hydrogen-bond acceptors (Lipinski definition) is 6. The standard InChI is InChI=1S/C12H14N4O2S/c13-8-9-12(15-2-1-14-9)19-10(8)11(18)16-5-6-3-7(17)4-6/h1-2,6-7,17H,3-5,13H2,(H,16,18). The van der Waals surface area contributed by atoms with Crippen LogP contribution in [0.3, 0.4) is 0 Å². The maximum atomic E-state index is 12.1. The minimum Gasteiger partial charge on any atom is -0.396 e. The van der Waals surface area contributed by atoms with Crippen LogP contribution in [0, 0.1) is 5.92 Å². The van der Waals surface area contributed by atoms with Gasteiger partial charge < -0.3 is 16.2 Å². The Balaban J connectivity index is 1.72. The first-order valence-electron chi connectivity index (χ1n) is 6.10. The zero-order valence-electron chi connectivity index (χ0n) is 10.2. The average Bonchev–Trinajstić information content (AvgIpc) is 2.71. The van der Waals surface area contributed by atoms with Gasteiger partial charge in [0.25, 0.3) is 5.91 Å². The molecule has 0 radical (unpaired) electrons. The van der Waals surface area contributed by atoms with Gasteiger partial charge in [0.2, 0.25) is 0 Å². The molecular weight excluding hydrogens is 264 g/mol. The van der Waals surface area contributed by atoms with Crippen molar-refractivity contribution in [2.24, 2.45) is 5.92 Å². The molecule has 1 fully saturated rings. The number of aromatic nitrogens is 2. The lowest BCUT2D eigenvalue weighted by atomic mass is 9.82. The van der Waals surface area contributed by atoms with Gasteiger partial charge >= 0.3 is 0 Å². The number of anilines is 1. The van der Waals surface area contributed by atoms with Crippen molar-refractivity contribution >= 4 is 33.3 Å². The molecular formula is C12H14N4O2S. The summed E-state index contributed by atoms with van der Waals surface area (Å²) in [4.78, 5) is 21.5. The topological polar surface area (TPSA) is 101 Å². The number of aliphatic hydroxyl groups is 1. The molecule has 2 heterocycles. The van der Waals surface area contributed by atoms with Crippen LogP contribution in [-0.4, -0.2) is 33.6 Å². The largest absolute Gasteiger partial charge is 0.396 e. The summed E-state index contributed by atoms with van der Waals surface area (Å²) in [6.07, 6.45) is 4.44. The number of nitrogen functional groups attached to an aromatic ring is 1. The summed E-state index contributed by atoms with van der Waals surface area (Å²) >= 11 is 1.25. The number of nitrogens with two attached hydrogens (primary N) is 1. The number of carbonyl (C=O) groups is 1. The summed E-state index contributed by atoms with van der Waals surface area (Å²) in [6.45, 7) is 0.574. The molecule has 0 saturated heterocycles. The number of thiophene rings is 1. The van der Waals surface area contributed by atoms with Crippen molar-refractivity contribution in [3.8, 4) is 0 Å². The van der Waals surface area contributed by atoms with Crippen LogP contribution in [0.4, 0.5) is 5.69 Å². The molecule has 7 heteroatoms. The number of nitrogens with zero attached hydrogens (tertiary/aromatic N) is 2. The van der Waals surface area contributed by atoms with Crippen LogP contribution in [0.1, 0.15) is 22.5 Å². The van der Waals surface area contributed by atoms with E-state index < -0.39 is 0 Å². The zero-order valence-corrected chi connectivity index (χ0v) is 11.0. The van der Waals surface area contributed by atoms with Crippen molar-refractivity contribution in [1.29, 1.82) is 0 Å². The summed E-state index contributed by atoms with van der Waals surface area (Å²) in [5, 5.41) is 12.0. The Morgan fingerprint density at radius 2 is 2.21 bits per heavy atom. The van der Waals surface area contributed by atoms with Gasteiger partial charge in [-0.1, -0.05) is 0 Å². The van der Waals surface area contributed by atoms with E-state index in [-0.39, 0.29) is 12.0 Å². The zero-order chi connectivity index (χ0) is 13.4. The van der Waals surface area contributed by atoms with E-state index in [4.69, 9.17) is 5.73 Å². The quantitative estimate of drug-likeness (QED) is 0.770. The lowest BCUT2D eigenvalue weighted by molar-refractivity contribution is 0.0420. The second-order valence-electron chi connectivity index (χ2n) is 4.76. The highest BCUT2D eigenvalue weighted by Gasteiger charge is 2.28. The predicted octanol–water partition coefficient (Wildman–Crippen LogP) is 0.774. The predicted molar refractivity (Wildman–Crippen MR) is 72.9 cm³/mol. The second kappa shape index (κ2) is 4.75. The molecule has 0 atom stereocenters. The molecule has 1 saturated carbocycles. The van der Waals surface area contributed by atoms with Crippen molar-refractivity contribution in [1.82, 2.24) is 15.3 Å². The summed E-state index contributed by atoms with van der Waals surface area (Å²) in [5.41, 5.74) is 6.89. The van der Waals surface area contributed by atoms with Crippen LogP contribution >= 0.6 is 11.3 Å². The molecule has 0 aromatic carbocycles. The fraction of sp³-hybridized carbons (Fsp3) is 0.417. The van der Waals surface area contributed by atoms with Gasteiger partial charge in [0.15, 0.2) is 0 Å². The van der Waals surface area contributed by atoms with Crippen LogP contribution in [0.2, 0.25) is 0 Å². The van der Waals surface area contributed by atoms with Crippen molar-refractivity contribution in [3.63, 3.8) is 0 Å². The average molecular weight is 278 g/mol. The summed E-state index contributed by atoms with van der Waals surface area (Å²) < 4.78 is 0. The highest BCUT2D eigenvalue weighted by Crippen LogP contribution is 2.31. The monoisotopic (exact) mass is 278 g/mol. The lowest BCUT2D eigenvalue weighted by Gasteiger charge is -2.31. The van der Waals surface area contributed by atoms with E-state index in [9.17, 15) is 9.90 Å². The van der Waals surface area contributed by atoms with E-state index in [1.807, 2.05) is 0 Å². The molecule has 6 nitrogen and oxygen atoms in total. The Hall–Kier alpha value is -1.73. The Morgan fingerprint density at radius 1 is 1.47 bits per heavy atom. The molecule has 1 aliphatic rings. The third-order valence-electron chi connectivity index (χ3n) is 3.33. The van der Waals surface area contributed by atoms with Crippen LogP contribution in [-0.2, 0) is 0 Å². The van der Waals surface area contributed by atoms with E-state index >= 15 is 0 Å². The number of aliphatic hydroxyl groups excluding tert-OH is 1. The Bertz CT molecular complexity index is 621. The maximum Gasteiger partial charge on any atom is 0.263 e. The number of amides is 1. The third kappa shape index (κ3) is 2.26. The summed E-state index contributed by atoms with van der Waals surface area (Å²) in [6, 6.07) is 0. The molecule has 3 rings (SSSR count). The molecule has 1 amide bonds. The van der Waals surface area contributed by atoms with Gasteiger partial charge in [-0.15, -0.1) is 11.3 Å². The minimum absolute atomic E-state index is 0.191. The molecule has 2 aromatic rings. The van der Waals surface area contributed by atoms with Crippen LogP contribution in [0.5, 0.6) is 0 Å². The Labute approximate surface area is 113 Å². The molecule has 100 valence electrons. The normalized spacial score (nSPS) is 22.2. The highest BCUT2D eigenvalue weighted by molar-refractivity contribution is 7.21. The van der Waals surface area contributed by atoms with Crippen molar-refractivity contribution in [2.75, 3.05) is 12.3 Å². The van der Waals surface area contributed by atoms with Gasteiger partial charge in [-0.25, -0.2) is 9.97 Å². The van der Waals surface area contributed by atoms with Gasteiger partial charge in [0.1, 0.15) is 15.2 Å². The van der Waals surface area contributed by atoms with E-state index in [1.54, 1.807) is 12.4 Å². The maximum absolute atomic E-state index is 12.1. The van der Waals surface area contributed by atoms with Gasteiger partial charge in [-0.3, -0.25) is 4.79 Å². The van der Waals surface area contributed by atoms with Gasteiger partial charge in [0, 0.05) is 18.9 Å². The number of carbonyl (C=O) groups excluding carboxylic acids is 1. The molecule has 4 N–H and O–H groups in total. The smallest absolute Gasteiger partial charge is 0.263 e. The van der Waals surface area contributed by atoms with Gasteiger partial charge in [-0.2, -0.15) is 0 Å². The molecule has 0 bridgehead atoms. The second-order valence-corrected chi connectivity index (χ2v) is 5.76. The Morgan fingerprint density at radius 3 is 2.89 bits per heavy atom. The number of nitrogens with one attached hydrogen (secondary N) is 1. The SMILES string of the molecule is Nc1c(C(=O)NCC2CC(O)C2)sc2nccnc12. The first kappa shape index (κ1) is 12.3. The van der Waals surface area contributed by atoms with Crippen LogP contribution in [0.25, 0.3) is 10.3 Å². The Kier molecular flexibility index (Phi) is 3.08. The molecule has 19 heavy (non-hydrogen) atoms. The molecule has 0 spiro atoms. The van der Waals surface area contributed by atoms with Crippen molar-refractivity contribution in [3.05, 3.63) is 17.3 Å². The fourth-order valence-electron chi connectivity index (χ4n) is 2.20. The summed E-state index contributed by atoms with van der Waals surface area (Å²) in [7, 11) is 0. The molecule has 1 aliphatic carbocycles. The highest BCUT2D eigenvalue weighted by atomic mass is 32.1. The minimum atomic E-state index is -0.204. The fourth-order valence-corrected chi connectivity index (χ4v) is 3.13. The number of rotatable bonds is 3. The first-order chi connectivity index (χ1) is 9.15. The van der Waals surface area contributed by atoms with Crippen LogP contribution < -0.4 is 11.1 Å². The van der Waals surface area contributed by atoms with E-state index in [1.165, 1.54) is 11.3 Å².